The summed E-state index contributed by atoms with van der Waals surface area (Å²) >= 11 is 0. The Morgan fingerprint density at radius 1 is 1.32 bits per heavy atom. The normalized spacial score (nSPS) is 26.3. The largest absolute Gasteiger partial charge is 0.328 e. The summed E-state index contributed by atoms with van der Waals surface area (Å²) in [6.07, 6.45) is 5.38. The van der Waals surface area contributed by atoms with E-state index in [-0.39, 0.29) is 0 Å². The van der Waals surface area contributed by atoms with Crippen molar-refractivity contribution in [2.24, 2.45) is 11.7 Å². The molecule has 3 rings (SSSR count). The molecule has 0 radical (unpaired) electrons. The molecule has 19 heavy (non-hydrogen) atoms. The highest BCUT2D eigenvalue weighted by Gasteiger charge is 2.25. The van der Waals surface area contributed by atoms with Crippen LogP contribution in [0.5, 0.6) is 0 Å². The minimum atomic E-state index is 0.334. The molecule has 2 heteroatoms. The molecule has 0 amide bonds. The molecule has 2 aliphatic rings. The Bertz CT molecular complexity index is 423. The molecule has 2 unspecified atom stereocenters. The van der Waals surface area contributed by atoms with Crippen LogP contribution in [0.1, 0.15) is 49.7 Å². The van der Waals surface area contributed by atoms with E-state index < -0.39 is 0 Å². The molecule has 2 nitrogen and oxygen atoms in total. The van der Waals surface area contributed by atoms with Gasteiger partial charge < -0.3 is 5.73 Å². The molecule has 1 aliphatic heterocycles. The summed E-state index contributed by atoms with van der Waals surface area (Å²) in [7, 11) is 0. The molecule has 1 saturated carbocycles. The van der Waals surface area contributed by atoms with Gasteiger partial charge in [0.2, 0.25) is 0 Å². The van der Waals surface area contributed by atoms with Gasteiger partial charge in [-0.1, -0.05) is 24.3 Å². The van der Waals surface area contributed by atoms with Crippen molar-refractivity contribution in [2.45, 2.75) is 51.1 Å². The van der Waals surface area contributed by atoms with Crippen molar-refractivity contribution >= 4 is 0 Å². The fourth-order valence-corrected chi connectivity index (χ4v) is 3.28. The first-order valence-electron chi connectivity index (χ1n) is 7.79. The number of nitrogens with zero attached hydrogens (tertiary/aromatic N) is 1. The van der Waals surface area contributed by atoms with Gasteiger partial charge in [-0.25, -0.2) is 0 Å². The van der Waals surface area contributed by atoms with Crippen LogP contribution < -0.4 is 5.73 Å². The second kappa shape index (κ2) is 5.64. The number of nitrogens with two attached hydrogens (primary N) is 1. The standard InChI is InChI=1S/C17H26N2/c1-13(18)17-6-3-9-19(12-17)11-14-4-2-5-16(10-14)15-7-8-15/h2,4-5,10,13,15,17H,3,6-9,11-12,18H2,1H3. The molecule has 104 valence electrons. The summed E-state index contributed by atoms with van der Waals surface area (Å²) in [5.74, 6) is 1.54. The maximum Gasteiger partial charge on any atom is 0.0233 e. The summed E-state index contributed by atoms with van der Waals surface area (Å²) in [5, 5.41) is 0. The lowest BCUT2D eigenvalue weighted by Gasteiger charge is -2.34. The Morgan fingerprint density at radius 2 is 2.16 bits per heavy atom. The zero-order valence-corrected chi connectivity index (χ0v) is 12.0. The van der Waals surface area contributed by atoms with Crippen molar-refractivity contribution in [3.63, 3.8) is 0 Å². The van der Waals surface area contributed by atoms with Gasteiger partial charge in [-0.3, -0.25) is 4.90 Å². The number of hydrogen-bond donors (Lipinski definition) is 1. The third-order valence-corrected chi connectivity index (χ3v) is 4.69. The Hall–Kier alpha value is -0.860. The van der Waals surface area contributed by atoms with E-state index in [9.17, 15) is 0 Å². The van der Waals surface area contributed by atoms with Crippen LogP contribution in [0.3, 0.4) is 0 Å². The Balaban J connectivity index is 1.62. The van der Waals surface area contributed by atoms with Gasteiger partial charge in [0.15, 0.2) is 0 Å². The quantitative estimate of drug-likeness (QED) is 0.899. The van der Waals surface area contributed by atoms with Gasteiger partial charge in [0.1, 0.15) is 0 Å². The molecule has 1 aliphatic carbocycles. The Labute approximate surface area is 117 Å². The Kier molecular flexibility index (Phi) is 3.90. The molecule has 1 aromatic rings. The van der Waals surface area contributed by atoms with E-state index in [1.165, 1.54) is 44.3 Å². The highest BCUT2D eigenvalue weighted by molar-refractivity contribution is 5.29. The van der Waals surface area contributed by atoms with E-state index in [4.69, 9.17) is 5.73 Å². The molecule has 1 saturated heterocycles. The van der Waals surface area contributed by atoms with Gasteiger partial charge in [-0.05, 0) is 62.1 Å². The molecule has 2 atom stereocenters. The summed E-state index contributed by atoms with van der Waals surface area (Å²) in [6.45, 7) is 5.66. The molecule has 1 aromatic carbocycles. The first kappa shape index (κ1) is 13.1. The molecule has 0 spiro atoms. The highest BCUT2D eigenvalue weighted by Crippen LogP contribution is 2.40. The zero-order chi connectivity index (χ0) is 13.2. The lowest BCUT2D eigenvalue weighted by atomic mass is 9.92. The zero-order valence-electron chi connectivity index (χ0n) is 12.0. The van der Waals surface area contributed by atoms with Gasteiger partial charge >= 0.3 is 0 Å². The molecule has 0 bridgehead atoms. The predicted octanol–water partition coefficient (Wildman–Crippen LogP) is 3.12. The van der Waals surface area contributed by atoms with Gasteiger partial charge in [-0.2, -0.15) is 0 Å². The van der Waals surface area contributed by atoms with Crippen molar-refractivity contribution in [3.8, 4) is 0 Å². The summed E-state index contributed by atoms with van der Waals surface area (Å²) < 4.78 is 0. The van der Waals surface area contributed by atoms with Crippen molar-refractivity contribution in [3.05, 3.63) is 35.4 Å². The first-order chi connectivity index (χ1) is 9.22. The molecular formula is C17H26N2. The maximum atomic E-state index is 6.07. The van der Waals surface area contributed by atoms with E-state index in [1.807, 2.05) is 0 Å². The number of piperidine rings is 1. The minimum absolute atomic E-state index is 0.334. The van der Waals surface area contributed by atoms with Crippen LogP contribution in [0, 0.1) is 5.92 Å². The third kappa shape index (κ3) is 3.37. The van der Waals surface area contributed by atoms with E-state index in [0.29, 0.717) is 12.0 Å². The van der Waals surface area contributed by atoms with Crippen LogP contribution in [0.4, 0.5) is 0 Å². The summed E-state index contributed by atoms with van der Waals surface area (Å²) in [6, 6.07) is 9.56. The van der Waals surface area contributed by atoms with Crippen molar-refractivity contribution in [2.75, 3.05) is 13.1 Å². The monoisotopic (exact) mass is 258 g/mol. The fourth-order valence-electron chi connectivity index (χ4n) is 3.28. The van der Waals surface area contributed by atoms with Crippen molar-refractivity contribution < 1.29 is 0 Å². The molecule has 0 aromatic heterocycles. The number of hydrogen-bond acceptors (Lipinski definition) is 2. The first-order valence-corrected chi connectivity index (χ1v) is 7.79. The van der Waals surface area contributed by atoms with E-state index in [2.05, 4.69) is 36.1 Å². The maximum absolute atomic E-state index is 6.07. The van der Waals surface area contributed by atoms with Crippen LogP contribution in [0.2, 0.25) is 0 Å². The topological polar surface area (TPSA) is 29.3 Å². The SMILES string of the molecule is CC(N)C1CCCN(Cc2cccc(C3CC3)c2)C1. The fraction of sp³-hybridized carbons (Fsp3) is 0.647. The number of likely N-dealkylation sites (tertiary alicyclic amines) is 1. The average Bonchev–Trinajstić information content (AvgIpc) is 3.23. The molecule has 1 heterocycles. The van der Waals surface area contributed by atoms with Crippen molar-refractivity contribution in [1.29, 1.82) is 0 Å². The van der Waals surface area contributed by atoms with Crippen molar-refractivity contribution in [1.82, 2.24) is 4.90 Å². The molecular weight excluding hydrogens is 232 g/mol. The van der Waals surface area contributed by atoms with Gasteiger partial charge in [-0.15, -0.1) is 0 Å². The average molecular weight is 258 g/mol. The van der Waals surface area contributed by atoms with Crippen LogP contribution in [-0.4, -0.2) is 24.0 Å². The van der Waals surface area contributed by atoms with Crippen LogP contribution in [0.15, 0.2) is 24.3 Å². The smallest absolute Gasteiger partial charge is 0.0233 e. The Morgan fingerprint density at radius 3 is 2.89 bits per heavy atom. The second-order valence-electron chi connectivity index (χ2n) is 6.52. The summed E-state index contributed by atoms with van der Waals surface area (Å²) in [5.41, 5.74) is 9.10. The summed E-state index contributed by atoms with van der Waals surface area (Å²) in [4.78, 5) is 2.59. The van der Waals surface area contributed by atoms with Crippen LogP contribution >= 0.6 is 0 Å². The lowest BCUT2D eigenvalue weighted by molar-refractivity contribution is 0.154. The minimum Gasteiger partial charge on any atom is -0.328 e. The van der Waals surface area contributed by atoms with E-state index in [0.717, 1.165) is 12.5 Å². The van der Waals surface area contributed by atoms with E-state index >= 15 is 0 Å². The number of benzene rings is 1. The second-order valence-corrected chi connectivity index (χ2v) is 6.52. The van der Waals surface area contributed by atoms with Crippen LogP contribution in [0.25, 0.3) is 0 Å². The third-order valence-electron chi connectivity index (χ3n) is 4.69. The molecule has 2 N–H and O–H groups in total. The lowest BCUT2D eigenvalue weighted by Crippen LogP contribution is -2.41. The van der Waals surface area contributed by atoms with Gasteiger partial charge in [0, 0.05) is 19.1 Å². The molecule has 2 fully saturated rings. The van der Waals surface area contributed by atoms with E-state index in [1.54, 1.807) is 5.56 Å². The highest BCUT2D eigenvalue weighted by atomic mass is 15.1. The predicted molar refractivity (Wildman–Crippen MR) is 80.1 cm³/mol. The van der Waals surface area contributed by atoms with Gasteiger partial charge in [0.25, 0.3) is 0 Å². The number of rotatable bonds is 4. The van der Waals surface area contributed by atoms with Gasteiger partial charge in [0.05, 0.1) is 0 Å². The van der Waals surface area contributed by atoms with Crippen LogP contribution in [-0.2, 0) is 6.54 Å².